The van der Waals surface area contributed by atoms with Crippen molar-refractivity contribution in [3.05, 3.63) is 64.7 Å². The lowest BCUT2D eigenvalue weighted by Crippen LogP contribution is -2.20. The predicted molar refractivity (Wildman–Crippen MR) is 71.2 cm³/mol. The van der Waals surface area contributed by atoms with Crippen LogP contribution in [0.2, 0.25) is 5.02 Å². The summed E-state index contributed by atoms with van der Waals surface area (Å²) in [6.07, 6.45) is 2.27. The Hall–Kier alpha value is -1.45. The highest BCUT2D eigenvalue weighted by molar-refractivity contribution is 6.30. The second-order valence-corrected chi connectivity index (χ2v) is 4.47. The lowest BCUT2D eigenvalue weighted by Gasteiger charge is -2.16. The third-order valence-corrected chi connectivity index (χ3v) is 3.07. The molecule has 2 aromatic rings. The monoisotopic (exact) mass is 264 g/mol. The maximum Gasteiger partial charge on any atom is 0.127 e. The van der Waals surface area contributed by atoms with Gasteiger partial charge in [0.05, 0.1) is 11.7 Å². The molecule has 0 aliphatic heterocycles. The second kappa shape index (κ2) is 5.94. The number of hydrogen-bond acceptors (Lipinski definition) is 2. The fourth-order valence-corrected chi connectivity index (χ4v) is 2.00. The molecule has 0 spiro atoms. The lowest BCUT2D eigenvalue weighted by molar-refractivity contribution is 0.545. The average molecular weight is 265 g/mol. The zero-order valence-electron chi connectivity index (χ0n) is 10.0. The summed E-state index contributed by atoms with van der Waals surface area (Å²) < 4.78 is 13.7. The zero-order valence-corrected chi connectivity index (χ0v) is 10.8. The molecule has 94 valence electrons. The van der Waals surface area contributed by atoms with Crippen LogP contribution in [0.25, 0.3) is 0 Å². The first kappa shape index (κ1) is 13.0. The molecule has 1 N–H and O–H groups in total. The van der Waals surface area contributed by atoms with Crippen molar-refractivity contribution in [2.75, 3.05) is 7.05 Å². The van der Waals surface area contributed by atoms with Crippen LogP contribution < -0.4 is 5.32 Å². The summed E-state index contributed by atoms with van der Waals surface area (Å²) in [5.74, 6) is -0.279. The lowest BCUT2D eigenvalue weighted by atomic mass is 10.0. The van der Waals surface area contributed by atoms with E-state index >= 15 is 0 Å². The minimum atomic E-state index is -0.279. The largest absolute Gasteiger partial charge is 0.311 e. The van der Waals surface area contributed by atoms with Gasteiger partial charge in [0.1, 0.15) is 5.82 Å². The Morgan fingerprint density at radius 3 is 2.78 bits per heavy atom. The van der Waals surface area contributed by atoms with Gasteiger partial charge < -0.3 is 5.32 Å². The van der Waals surface area contributed by atoms with Crippen molar-refractivity contribution in [1.82, 2.24) is 10.3 Å². The van der Waals surface area contributed by atoms with Crippen LogP contribution in [0.4, 0.5) is 4.39 Å². The Morgan fingerprint density at radius 1 is 1.33 bits per heavy atom. The van der Waals surface area contributed by atoms with Gasteiger partial charge in [-0.15, -0.1) is 0 Å². The number of nitrogens with zero attached hydrogens (tertiary/aromatic N) is 1. The van der Waals surface area contributed by atoms with Gasteiger partial charge >= 0.3 is 0 Å². The van der Waals surface area contributed by atoms with E-state index < -0.39 is 0 Å². The topological polar surface area (TPSA) is 24.9 Å². The van der Waals surface area contributed by atoms with E-state index in [1.807, 2.05) is 25.2 Å². The number of nitrogens with one attached hydrogen (secondary N) is 1. The quantitative estimate of drug-likeness (QED) is 0.916. The maximum atomic E-state index is 13.7. The molecule has 1 heterocycles. The standard InChI is InChI=1S/C14H14ClFN2/c1-17-14(13-4-2-3-7-18-13)8-10-5-6-11(15)9-12(10)16/h2-7,9,14,17H,8H2,1H3. The summed E-state index contributed by atoms with van der Waals surface area (Å²) in [6.45, 7) is 0. The van der Waals surface area contributed by atoms with Gasteiger partial charge in [-0.3, -0.25) is 4.98 Å². The molecular weight excluding hydrogens is 251 g/mol. The smallest absolute Gasteiger partial charge is 0.127 e. The molecule has 0 saturated heterocycles. The van der Waals surface area contributed by atoms with Crippen LogP contribution in [0.1, 0.15) is 17.3 Å². The van der Waals surface area contributed by atoms with Gasteiger partial charge in [0, 0.05) is 11.2 Å². The SMILES string of the molecule is CNC(Cc1ccc(Cl)cc1F)c1ccccn1. The number of pyridine rings is 1. The van der Waals surface area contributed by atoms with Crippen molar-refractivity contribution in [2.45, 2.75) is 12.5 Å². The number of hydrogen-bond donors (Lipinski definition) is 1. The summed E-state index contributed by atoms with van der Waals surface area (Å²) in [4.78, 5) is 4.28. The van der Waals surface area contributed by atoms with Crippen LogP contribution in [0.15, 0.2) is 42.6 Å². The summed E-state index contributed by atoms with van der Waals surface area (Å²) >= 11 is 5.74. The number of aromatic nitrogens is 1. The molecular formula is C14H14ClFN2. The third-order valence-electron chi connectivity index (χ3n) is 2.83. The number of halogens is 2. The Morgan fingerprint density at radius 2 is 2.17 bits per heavy atom. The van der Waals surface area contributed by atoms with E-state index in [1.54, 1.807) is 18.3 Å². The maximum absolute atomic E-state index is 13.7. The highest BCUT2D eigenvalue weighted by Gasteiger charge is 2.13. The van der Waals surface area contributed by atoms with E-state index in [-0.39, 0.29) is 11.9 Å². The highest BCUT2D eigenvalue weighted by Crippen LogP contribution is 2.20. The Bertz CT molecular complexity index is 516. The van der Waals surface area contributed by atoms with Gasteiger partial charge in [-0.25, -0.2) is 4.39 Å². The average Bonchev–Trinajstić information content (AvgIpc) is 2.39. The second-order valence-electron chi connectivity index (χ2n) is 4.04. The molecule has 4 heteroatoms. The first-order valence-corrected chi connectivity index (χ1v) is 6.10. The van der Waals surface area contributed by atoms with E-state index in [4.69, 9.17) is 11.6 Å². The summed E-state index contributed by atoms with van der Waals surface area (Å²) in [5, 5.41) is 3.56. The van der Waals surface area contributed by atoms with Gasteiger partial charge in [0.25, 0.3) is 0 Å². The molecule has 0 saturated carbocycles. The van der Waals surface area contributed by atoms with Crippen molar-refractivity contribution in [1.29, 1.82) is 0 Å². The molecule has 0 amide bonds. The minimum Gasteiger partial charge on any atom is -0.311 e. The fourth-order valence-electron chi connectivity index (χ4n) is 1.84. The molecule has 1 unspecified atom stereocenters. The van der Waals surface area contributed by atoms with Crippen molar-refractivity contribution < 1.29 is 4.39 Å². The van der Waals surface area contributed by atoms with Crippen molar-refractivity contribution in [2.24, 2.45) is 0 Å². The molecule has 0 fully saturated rings. The molecule has 0 bridgehead atoms. The molecule has 0 aliphatic rings. The van der Waals surface area contributed by atoms with Crippen LogP contribution in [0, 0.1) is 5.82 Å². The molecule has 1 aromatic heterocycles. The van der Waals surface area contributed by atoms with E-state index in [9.17, 15) is 4.39 Å². The van der Waals surface area contributed by atoms with Crippen LogP contribution in [0.5, 0.6) is 0 Å². The van der Waals surface area contributed by atoms with Crippen LogP contribution in [-0.4, -0.2) is 12.0 Å². The fraction of sp³-hybridized carbons (Fsp3) is 0.214. The van der Waals surface area contributed by atoms with Gasteiger partial charge in [0.15, 0.2) is 0 Å². The summed E-state index contributed by atoms with van der Waals surface area (Å²) in [7, 11) is 1.84. The third kappa shape index (κ3) is 3.06. The van der Waals surface area contributed by atoms with Gasteiger partial charge in [-0.1, -0.05) is 23.7 Å². The summed E-state index contributed by atoms with van der Waals surface area (Å²) in [5.41, 5.74) is 1.53. The summed E-state index contributed by atoms with van der Waals surface area (Å²) in [6, 6.07) is 10.4. The molecule has 1 aromatic carbocycles. The van der Waals surface area contributed by atoms with Gasteiger partial charge in [0.2, 0.25) is 0 Å². The Labute approximate surface area is 111 Å². The van der Waals surface area contributed by atoms with Crippen LogP contribution >= 0.6 is 11.6 Å². The van der Waals surface area contributed by atoms with E-state index in [1.165, 1.54) is 6.07 Å². The normalized spacial score (nSPS) is 12.4. The van der Waals surface area contributed by atoms with Crippen LogP contribution in [-0.2, 0) is 6.42 Å². The molecule has 0 radical (unpaired) electrons. The van der Waals surface area contributed by atoms with Crippen LogP contribution in [0.3, 0.4) is 0 Å². The first-order valence-electron chi connectivity index (χ1n) is 5.73. The Kier molecular flexibility index (Phi) is 4.28. The Balaban J connectivity index is 2.21. The van der Waals surface area contributed by atoms with Crippen molar-refractivity contribution >= 4 is 11.6 Å². The molecule has 0 aliphatic carbocycles. The predicted octanol–water partition coefficient (Wildman–Crippen LogP) is 3.38. The number of rotatable bonds is 4. The number of benzene rings is 1. The minimum absolute atomic E-state index is 0.0122. The highest BCUT2D eigenvalue weighted by atomic mass is 35.5. The zero-order chi connectivity index (χ0) is 13.0. The molecule has 18 heavy (non-hydrogen) atoms. The first-order chi connectivity index (χ1) is 8.70. The van der Waals surface area contributed by atoms with Gasteiger partial charge in [-0.05, 0) is 43.3 Å². The van der Waals surface area contributed by atoms with Crippen molar-refractivity contribution in [3.63, 3.8) is 0 Å². The molecule has 2 nitrogen and oxygen atoms in total. The van der Waals surface area contributed by atoms with E-state index in [2.05, 4.69) is 10.3 Å². The van der Waals surface area contributed by atoms with E-state index in [0.717, 1.165) is 5.69 Å². The van der Waals surface area contributed by atoms with E-state index in [0.29, 0.717) is 17.0 Å². The van der Waals surface area contributed by atoms with Gasteiger partial charge in [-0.2, -0.15) is 0 Å². The molecule has 2 rings (SSSR count). The molecule has 1 atom stereocenters. The van der Waals surface area contributed by atoms with Crippen molar-refractivity contribution in [3.8, 4) is 0 Å². The number of likely N-dealkylation sites (N-methyl/N-ethyl adjacent to an activating group) is 1.